The minimum Gasteiger partial charge on any atom is -0.434 e. The summed E-state index contributed by atoms with van der Waals surface area (Å²) in [5, 5.41) is 19.9. The largest absolute Gasteiger partial charge is 0.513 e. The zero-order chi connectivity index (χ0) is 42.0. The zero-order valence-corrected chi connectivity index (χ0v) is 33.8. The third-order valence-electron chi connectivity index (χ3n) is 10.2. The number of alkyl halides is 3. The minimum absolute atomic E-state index is 0.00107. The minimum atomic E-state index is -4.85. The Bertz CT molecular complexity index is 2320. The molecule has 0 radical (unpaired) electrons. The first kappa shape index (κ1) is 42.5. The average molecular weight is 860 g/mol. The summed E-state index contributed by atoms with van der Waals surface area (Å²) < 4.78 is 59.9. The van der Waals surface area contributed by atoms with Crippen molar-refractivity contribution in [2.75, 3.05) is 13.7 Å². The fraction of sp³-hybridized carbons (Fsp3) is 0.350. The van der Waals surface area contributed by atoms with Crippen molar-refractivity contribution >= 4 is 58.2 Å². The number of amides is 1. The van der Waals surface area contributed by atoms with Crippen LogP contribution in [-0.4, -0.2) is 64.1 Å². The van der Waals surface area contributed by atoms with Gasteiger partial charge in [-0.05, 0) is 81.8 Å². The van der Waals surface area contributed by atoms with Crippen molar-refractivity contribution in [2.24, 2.45) is 5.16 Å². The summed E-state index contributed by atoms with van der Waals surface area (Å²) in [5.74, 6) is 0.174. The monoisotopic (exact) mass is 858 g/mol. The Morgan fingerprint density at radius 3 is 2.40 bits per heavy atom. The number of ether oxygens (including phenoxy) is 3. The predicted molar refractivity (Wildman–Crippen MR) is 209 cm³/mol. The van der Waals surface area contributed by atoms with E-state index in [0.717, 1.165) is 41.7 Å². The SMILES string of the molecule is CCOC(=O)OC1=C(c2cc(C)ccc2C)C(=O)NC12CCC(OC)CC2.N#Cc1cc(C2=NOC(c3cc(Cl)c(Cl)c(Cl)c3)(C(F)(F)F)C2)ccc1-n1cncn1. The molecule has 1 unspecified atom stereocenters. The highest BCUT2D eigenvalue weighted by Gasteiger charge is 2.62. The van der Waals surface area contributed by atoms with Crippen LogP contribution in [0.15, 0.2) is 72.1 Å². The van der Waals surface area contributed by atoms with Crippen molar-refractivity contribution < 1.29 is 41.8 Å². The number of carbonyl (C=O) groups is 2. The summed E-state index contributed by atoms with van der Waals surface area (Å²) in [6.45, 7) is 5.86. The molecule has 304 valence electrons. The lowest BCUT2D eigenvalue weighted by Crippen LogP contribution is -2.49. The molecule has 1 aromatic heterocycles. The highest BCUT2D eigenvalue weighted by Crippen LogP contribution is 2.51. The molecular weight excluding hydrogens is 824 g/mol. The second kappa shape index (κ2) is 17.0. The van der Waals surface area contributed by atoms with E-state index in [4.69, 9.17) is 53.9 Å². The van der Waals surface area contributed by atoms with Crippen molar-refractivity contribution in [2.45, 2.75) is 76.3 Å². The maximum absolute atomic E-state index is 14.2. The van der Waals surface area contributed by atoms with E-state index in [-0.39, 0.29) is 56.1 Å². The predicted octanol–water partition coefficient (Wildman–Crippen LogP) is 9.33. The van der Waals surface area contributed by atoms with Crippen molar-refractivity contribution in [3.63, 3.8) is 0 Å². The van der Waals surface area contributed by atoms with E-state index >= 15 is 0 Å². The number of benzene rings is 3. The molecule has 12 nitrogen and oxygen atoms in total. The Balaban J connectivity index is 0.000000198. The number of nitrogens with zero attached hydrogens (tertiary/aromatic N) is 5. The van der Waals surface area contributed by atoms with E-state index in [9.17, 15) is 28.0 Å². The van der Waals surface area contributed by atoms with Crippen molar-refractivity contribution in [3.8, 4) is 11.8 Å². The molecular formula is C40H36Cl3F3N6O6. The van der Waals surface area contributed by atoms with Crippen molar-refractivity contribution in [1.82, 2.24) is 20.1 Å². The highest BCUT2D eigenvalue weighted by atomic mass is 35.5. The molecule has 0 saturated heterocycles. The topological polar surface area (TPSA) is 150 Å². The first-order valence-corrected chi connectivity index (χ1v) is 19.1. The summed E-state index contributed by atoms with van der Waals surface area (Å²) in [6, 6.07) is 14.5. The van der Waals surface area contributed by atoms with E-state index in [0.29, 0.717) is 29.9 Å². The molecule has 3 heterocycles. The molecule has 1 atom stereocenters. The van der Waals surface area contributed by atoms with Gasteiger partial charge in [0.2, 0.25) is 0 Å². The molecule has 1 aliphatic carbocycles. The second-order valence-electron chi connectivity index (χ2n) is 13.8. The molecule has 1 fully saturated rings. The molecule has 1 amide bonds. The summed E-state index contributed by atoms with van der Waals surface area (Å²) in [5.41, 5.74) is 0.264. The molecule has 2 aliphatic heterocycles. The maximum atomic E-state index is 14.2. The number of methoxy groups -OCH3 is 1. The maximum Gasteiger partial charge on any atom is 0.513 e. The van der Waals surface area contributed by atoms with Gasteiger partial charge in [0.15, 0.2) is 0 Å². The lowest BCUT2D eigenvalue weighted by molar-refractivity contribution is -0.275. The van der Waals surface area contributed by atoms with E-state index in [2.05, 4.69) is 20.6 Å². The molecule has 0 bridgehead atoms. The normalized spacial score (nSPS) is 21.4. The van der Waals surface area contributed by atoms with Gasteiger partial charge in [0.1, 0.15) is 24.5 Å². The number of aromatic nitrogens is 3. The van der Waals surface area contributed by atoms with Gasteiger partial charge in [-0.15, -0.1) is 0 Å². The van der Waals surface area contributed by atoms with Gasteiger partial charge in [-0.3, -0.25) is 4.79 Å². The summed E-state index contributed by atoms with van der Waals surface area (Å²) in [6.07, 6.45) is -0.560. The van der Waals surface area contributed by atoms with Crippen LogP contribution in [0.25, 0.3) is 11.3 Å². The number of hydrogen-bond donors (Lipinski definition) is 1. The van der Waals surface area contributed by atoms with Crippen LogP contribution >= 0.6 is 34.8 Å². The van der Waals surface area contributed by atoms with Crippen LogP contribution in [0.2, 0.25) is 15.1 Å². The first-order valence-electron chi connectivity index (χ1n) is 17.9. The first-order chi connectivity index (χ1) is 27.6. The van der Waals surface area contributed by atoms with E-state index in [1.165, 1.54) is 35.5 Å². The van der Waals surface area contributed by atoms with Crippen molar-refractivity contribution in [3.05, 3.63) is 115 Å². The van der Waals surface area contributed by atoms with Gasteiger partial charge in [-0.25, -0.2) is 14.5 Å². The molecule has 7 rings (SSSR count). The van der Waals surface area contributed by atoms with Gasteiger partial charge >= 0.3 is 12.3 Å². The van der Waals surface area contributed by atoms with E-state index < -0.39 is 29.9 Å². The molecule has 3 aliphatic rings. The van der Waals surface area contributed by atoms with Gasteiger partial charge in [-0.1, -0.05) is 69.8 Å². The number of hydrogen-bond acceptors (Lipinski definition) is 10. The number of nitrogens with one attached hydrogen (secondary N) is 1. The van der Waals surface area contributed by atoms with Gasteiger partial charge in [0.05, 0.1) is 55.9 Å². The van der Waals surface area contributed by atoms with E-state index in [1.54, 1.807) is 14.0 Å². The number of carbonyl (C=O) groups excluding carboxylic acids is 2. The Labute approximate surface area is 346 Å². The number of halogens is 6. The van der Waals surface area contributed by atoms with Crippen LogP contribution in [0.4, 0.5) is 18.0 Å². The van der Waals surface area contributed by atoms with Crippen LogP contribution < -0.4 is 5.32 Å². The van der Waals surface area contributed by atoms with Crippen LogP contribution in [0.1, 0.15) is 72.4 Å². The fourth-order valence-electron chi connectivity index (χ4n) is 7.16. The molecule has 1 spiro atoms. The van der Waals surface area contributed by atoms with Crippen LogP contribution in [0, 0.1) is 25.2 Å². The smallest absolute Gasteiger partial charge is 0.434 e. The lowest BCUT2D eigenvalue weighted by atomic mass is 9.79. The third-order valence-corrected chi connectivity index (χ3v) is 11.4. The lowest BCUT2D eigenvalue weighted by Gasteiger charge is -2.37. The average Bonchev–Trinajstić information content (AvgIpc) is 3.95. The third kappa shape index (κ3) is 8.24. The molecule has 3 aromatic carbocycles. The fourth-order valence-corrected chi connectivity index (χ4v) is 7.76. The molecule has 1 saturated carbocycles. The quantitative estimate of drug-likeness (QED) is 0.142. The summed E-state index contributed by atoms with van der Waals surface area (Å²) in [4.78, 5) is 33.9. The number of rotatable bonds is 7. The number of nitriles is 1. The van der Waals surface area contributed by atoms with Gasteiger partial charge in [0.25, 0.3) is 11.5 Å². The second-order valence-corrected chi connectivity index (χ2v) is 15.0. The van der Waals surface area contributed by atoms with Gasteiger partial charge in [-0.2, -0.15) is 23.5 Å². The van der Waals surface area contributed by atoms with Crippen molar-refractivity contribution in [1.29, 1.82) is 5.26 Å². The summed E-state index contributed by atoms with van der Waals surface area (Å²) in [7, 11) is 1.70. The standard InChI is InChI=1S/C21H27NO5.C19H9Cl3F3N5O/c1-5-26-20(24)27-18-17(16-12-13(2)6-7-14(16)3)19(23)22-21(18)10-8-15(25-4)9-11-21;20-13-4-12(5-14(21)17(13)22)18(19(23,24)25)6-15(29-31-18)10-1-2-16(11(3-10)7-26)30-9-27-8-28-30/h6-7,12,15H,5,8-11H2,1-4H3,(H,22,23);1-5,8-9H,6H2. The zero-order valence-electron chi connectivity index (χ0n) is 31.5. The Morgan fingerprint density at radius 1 is 1.09 bits per heavy atom. The number of aryl methyl sites for hydroxylation is 2. The van der Waals surface area contributed by atoms with Crippen LogP contribution in [-0.2, 0) is 29.4 Å². The molecule has 58 heavy (non-hydrogen) atoms. The Morgan fingerprint density at radius 2 is 1.79 bits per heavy atom. The highest BCUT2D eigenvalue weighted by molar-refractivity contribution is 6.48. The van der Waals surface area contributed by atoms with Gasteiger partial charge in [0, 0.05) is 24.7 Å². The Kier molecular flexibility index (Phi) is 12.4. The van der Waals surface area contributed by atoms with Crippen LogP contribution in [0.5, 0.6) is 0 Å². The number of oxime groups is 1. The Hall–Kier alpha value is -5.14. The summed E-state index contributed by atoms with van der Waals surface area (Å²) >= 11 is 17.8. The molecule has 4 aromatic rings. The van der Waals surface area contributed by atoms with E-state index in [1.807, 2.05) is 38.1 Å². The van der Waals surface area contributed by atoms with Crippen LogP contribution in [0.3, 0.4) is 0 Å². The molecule has 1 N–H and O–H groups in total. The molecule has 18 heteroatoms. The van der Waals surface area contributed by atoms with Gasteiger partial charge < -0.3 is 24.4 Å².